The van der Waals surface area contributed by atoms with E-state index in [-0.39, 0.29) is 5.56 Å². The van der Waals surface area contributed by atoms with Crippen LogP contribution in [0.25, 0.3) is 0 Å². The van der Waals surface area contributed by atoms with Crippen LogP contribution in [0.5, 0.6) is 0 Å². The third kappa shape index (κ3) is 8.56. The number of halogens is 20. The Balaban J connectivity index is 1.72. The van der Waals surface area contributed by atoms with E-state index in [4.69, 9.17) is 14.0 Å². The monoisotopic (exact) mass is 982 g/mol. The summed E-state index contributed by atoms with van der Waals surface area (Å²) < 4.78 is 314. The molecule has 0 aliphatic rings. The van der Waals surface area contributed by atoms with Gasteiger partial charge in [0.25, 0.3) is 0 Å². The summed E-state index contributed by atoms with van der Waals surface area (Å²) >= 11 is 0. The summed E-state index contributed by atoms with van der Waals surface area (Å²) in [5.74, 6) is -56.3. The van der Waals surface area contributed by atoms with Crippen molar-refractivity contribution in [1.82, 2.24) is 0 Å². The lowest BCUT2D eigenvalue weighted by Gasteiger charge is -2.48. The molecule has 0 spiro atoms. The van der Waals surface area contributed by atoms with Crippen LogP contribution in [0.15, 0.2) is 64.4 Å². The molecule has 350 valence electrons. The third-order valence-corrected chi connectivity index (χ3v) is 13.7. The lowest BCUT2D eigenvalue weighted by atomic mass is 10.1. The van der Waals surface area contributed by atoms with Gasteiger partial charge in [0.1, 0.15) is 5.44 Å². The van der Waals surface area contributed by atoms with Gasteiger partial charge in [-0.3, -0.25) is 0 Å². The van der Waals surface area contributed by atoms with Gasteiger partial charge in [-0.05, 0) is 41.0 Å². The molecule has 6 rings (SSSR count). The Morgan fingerprint density at radius 1 is 0.379 bits per heavy atom. The molecule has 2 unspecified atom stereocenters. The second-order valence-electron chi connectivity index (χ2n) is 13.6. The molecule has 0 fully saturated rings. The van der Waals surface area contributed by atoms with Gasteiger partial charge in [0.2, 0.25) is 23.3 Å². The third-order valence-electron chi connectivity index (χ3n) is 9.69. The zero-order valence-corrected chi connectivity index (χ0v) is 33.0. The zero-order chi connectivity index (χ0) is 48.8. The minimum Gasteiger partial charge on any atom is -0.381 e. The largest absolute Gasteiger partial charge is 0.641 e. The van der Waals surface area contributed by atoms with Gasteiger partial charge < -0.3 is 14.0 Å². The Kier molecular flexibility index (Phi) is 14.4. The van der Waals surface area contributed by atoms with Gasteiger partial charge in [0.05, 0.1) is 29.9 Å². The summed E-state index contributed by atoms with van der Waals surface area (Å²) in [5, 5.41) is 0. The van der Waals surface area contributed by atoms with E-state index in [1.54, 1.807) is 0 Å². The number of hydrogen-bond acceptors (Lipinski definition) is 3. The fourth-order valence-corrected chi connectivity index (χ4v) is 10.5. The standard InChI is InChI=1S/C41H19BF20O3S/c1-14-7-9-16(10-8-14)66(15-5-3-2-4-6-15,13-19-25(47)33(55)39(61)34(56)26(19)48)41(20-27(49)35(57)40(62)36(58)28(20)50)65-42(63-11-17-21(43)29(51)37(59)30(52)22(17)44)64-12-18-23(45)31(53)38(60)32(54)24(18)46/h2-10,41H,11-13H2,1H3. The van der Waals surface area contributed by atoms with E-state index in [1.165, 1.54) is 13.0 Å². The maximum atomic E-state index is 16.4. The maximum Gasteiger partial charge on any atom is 0.641 e. The van der Waals surface area contributed by atoms with Gasteiger partial charge in [-0.2, -0.15) is 10.0 Å². The van der Waals surface area contributed by atoms with E-state index in [1.807, 2.05) is 0 Å². The molecule has 0 amide bonds. The van der Waals surface area contributed by atoms with Gasteiger partial charge in [-0.15, -0.1) is 0 Å². The van der Waals surface area contributed by atoms with Gasteiger partial charge in [-0.1, -0.05) is 35.9 Å². The highest BCUT2D eigenvalue weighted by molar-refractivity contribution is 8.33. The molecule has 0 aliphatic heterocycles. The van der Waals surface area contributed by atoms with Crippen molar-refractivity contribution in [1.29, 1.82) is 0 Å². The van der Waals surface area contributed by atoms with Crippen LogP contribution in [0.3, 0.4) is 0 Å². The van der Waals surface area contributed by atoms with Crippen molar-refractivity contribution < 1.29 is 102 Å². The van der Waals surface area contributed by atoms with Gasteiger partial charge >= 0.3 is 7.32 Å². The molecule has 6 aromatic rings. The highest BCUT2D eigenvalue weighted by atomic mass is 32.3. The summed E-state index contributed by atoms with van der Waals surface area (Å²) in [6.07, 6.45) is 0. The summed E-state index contributed by atoms with van der Waals surface area (Å²) in [6, 6.07) is 9.24. The van der Waals surface area contributed by atoms with Gasteiger partial charge in [-0.25, -0.2) is 87.8 Å². The molecule has 0 saturated carbocycles. The van der Waals surface area contributed by atoms with E-state index in [2.05, 4.69) is 0 Å². The van der Waals surface area contributed by atoms with Crippen LogP contribution in [-0.2, 0) is 32.9 Å². The molecule has 66 heavy (non-hydrogen) atoms. The maximum absolute atomic E-state index is 16.4. The highest BCUT2D eigenvalue weighted by Gasteiger charge is 2.49. The Morgan fingerprint density at radius 2 is 0.682 bits per heavy atom. The summed E-state index contributed by atoms with van der Waals surface area (Å²) in [6.45, 7) is -2.79. The molecule has 0 radical (unpaired) electrons. The minimum absolute atomic E-state index is 0.278. The Morgan fingerprint density at radius 3 is 1.05 bits per heavy atom. The molecule has 0 N–H and O–H groups in total. The SMILES string of the molecule is Cc1ccc(S(Cc2c(F)c(F)c(F)c(F)c2F)(c2ccccc2)C(OB(OCc2c(F)c(F)c(F)c(F)c2F)OCc2c(F)c(F)c(F)c(F)c2F)c2c(F)c(F)c(F)c(F)c2F)cc1. The van der Waals surface area contributed by atoms with Crippen molar-refractivity contribution >= 4 is 17.3 Å². The van der Waals surface area contributed by atoms with Gasteiger partial charge in [0.15, 0.2) is 93.1 Å². The van der Waals surface area contributed by atoms with Crippen LogP contribution in [0, 0.1) is 123 Å². The topological polar surface area (TPSA) is 27.7 Å². The zero-order valence-electron chi connectivity index (χ0n) is 32.2. The predicted octanol–water partition coefficient (Wildman–Crippen LogP) is 13.3. The predicted molar refractivity (Wildman–Crippen MR) is 190 cm³/mol. The van der Waals surface area contributed by atoms with Crippen molar-refractivity contribution in [2.75, 3.05) is 0 Å². The smallest absolute Gasteiger partial charge is 0.381 e. The van der Waals surface area contributed by atoms with Crippen molar-refractivity contribution in [2.45, 2.75) is 41.1 Å². The first-order valence-corrected chi connectivity index (χ1v) is 19.7. The molecule has 3 nitrogen and oxygen atoms in total. The molecule has 25 heteroatoms. The molecular formula is C41H19BF20O3S. The van der Waals surface area contributed by atoms with E-state index in [9.17, 15) is 61.5 Å². The van der Waals surface area contributed by atoms with E-state index in [0.717, 1.165) is 48.5 Å². The van der Waals surface area contributed by atoms with Crippen LogP contribution < -0.4 is 0 Å². The highest BCUT2D eigenvalue weighted by Crippen LogP contribution is 2.74. The molecule has 0 aromatic heterocycles. The lowest BCUT2D eigenvalue weighted by Crippen LogP contribution is -2.34. The van der Waals surface area contributed by atoms with Crippen molar-refractivity contribution in [2.24, 2.45) is 0 Å². The molecule has 0 heterocycles. The molecule has 0 saturated heterocycles. The first-order chi connectivity index (χ1) is 31.0. The van der Waals surface area contributed by atoms with E-state index >= 15 is 26.3 Å². The van der Waals surface area contributed by atoms with E-state index in [0.29, 0.717) is 0 Å². The quantitative estimate of drug-likeness (QED) is 0.0471. The van der Waals surface area contributed by atoms with Crippen LogP contribution in [0.1, 0.15) is 33.3 Å². The number of aryl methyl sites for hydroxylation is 1. The lowest BCUT2D eigenvalue weighted by molar-refractivity contribution is 0.0663. The molecule has 0 aliphatic carbocycles. The van der Waals surface area contributed by atoms with Crippen LogP contribution in [-0.4, -0.2) is 7.32 Å². The minimum atomic E-state index is -4.72. The first-order valence-electron chi connectivity index (χ1n) is 17.8. The van der Waals surface area contributed by atoms with Crippen molar-refractivity contribution in [3.8, 4) is 0 Å². The first kappa shape index (κ1) is 49.6. The van der Waals surface area contributed by atoms with Crippen molar-refractivity contribution in [3.63, 3.8) is 0 Å². The summed E-state index contributed by atoms with van der Waals surface area (Å²) in [7, 11) is -8.15. The number of rotatable bonds is 14. The van der Waals surface area contributed by atoms with Crippen LogP contribution in [0.4, 0.5) is 87.8 Å². The average molecular weight is 982 g/mol. The number of hydrogen-bond donors (Lipinski definition) is 0. The van der Waals surface area contributed by atoms with Crippen LogP contribution in [0.2, 0.25) is 0 Å². The van der Waals surface area contributed by atoms with Gasteiger partial charge in [0, 0.05) is 11.3 Å². The molecule has 2 atom stereocenters. The summed E-state index contributed by atoms with van der Waals surface area (Å²) in [4.78, 5) is -1.18. The Labute approximate surface area is 358 Å². The average Bonchev–Trinajstić information content (AvgIpc) is 3.31. The molecular weight excluding hydrogens is 963 g/mol. The Hall–Kier alpha value is -5.79. The summed E-state index contributed by atoms with van der Waals surface area (Å²) in [5.41, 5.74) is -11.1. The Bertz CT molecular complexity index is 2680. The molecule has 6 aromatic carbocycles. The second kappa shape index (κ2) is 19.2. The normalized spacial score (nSPS) is 13.5. The fourth-order valence-electron chi connectivity index (χ4n) is 6.35. The second-order valence-corrected chi connectivity index (χ2v) is 16.8. The van der Waals surface area contributed by atoms with E-state index < -0.39 is 190 Å². The number of benzene rings is 6. The van der Waals surface area contributed by atoms with Crippen LogP contribution >= 0.6 is 10.0 Å². The molecule has 0 bridgehead atoms. The fraction of sp³-hybridized carbons (Fsp3) is 0.122. The van der Waals surface area contributed by atoms with Crippen molar-refractivity contribution in [3.05, 3.63) is 199 Å².